The van der Waals surface area contributed by atoms with Crippen LogP contribution in [0.1, 0.15) is 12.8 Å². The van der Waals surface area contributed by atoms with E-state index in [1.807, 2.05) is 0 Å². The Morgan fingerprint density at radius 3 is 2.83 bits per heavy atom. The summed E-state index contributed by atoms with van der Waals surface area (Å²) in [6.45, 7) is 4.08. The zero-order valence-electron chi connectivity index (χ0n) is 10.4. The second-order valence-electron chi connectivity index (χ2n) is 4.37. The number of carboxylic acid groups (broad SMARTS) is 1. The van der Waals surface area contributed by atoms with Crippen LogP contribution in [0.5, 0.6) is 0 Å². The van der Waals surface area contributed by atoms with E-state index in [4.69, 9.17) is 10.2 Å². The number of hydrogen-bond acceptors (Lipinski definition) is 5. The van der Waals surface area contributed by atoms with Crippen LogP contribution in [0.15, 0.2) is 0 Å². The molecule has 0 spiro atoms. The summed E-state index contributed by atoms with van der Waals surface area (Å²) in [6, 6.07) is 0. The predicted octanol–water partition coefficient (Wildman–Crippen LogP) is -1.77. The van der Waals surface area contributed by atoms with Gasteiger partial charge in [0.2, 0.25) is 5.91 Å². The molecule has 0 aromatic rings. The Balaban J connectivity index is 2.14. The fourth-order valence-electron chi connectivity index (χ4n) is 1.79. The van der Waals surface area contributed by atoms with Crippen LogP contribution in [0.25, 0.3) is 0 Å². The number of hydrogen-bond donors (Lipinski definition) is 4. The van der Waals surface area contributed by atoms with Crippen LogP contribution in [0.2, 0.25) is 0 Å². The highest BCUT2D eigenvalue weighted by atomic mass is 16.4. The third kappa shape index (κ3) is 5.95. The first-order valence-electron chi connectivity index (χ1n) is 6.20. The summed E-state index contributed by atoms with van der Waals surface area (Å²) in [5.41, 5.74) is 0. The number of nitrogens with one attached hydrogen (secondary N) is 2. The molecule has 0 unspecified atom stereocenters. The molecule has 0 aliphatic carbocycles. The van der Waals surface area contributed by atoms with E-state index in [-0.39, 0.29) is 18.9 Å². The van der Waals surface area contributed by atoms with E-state index in [2.05, 4.69) is 15.5 Å². The predicted molar refractivity (Wildman–Crippen MR) is 65.2 cm³/mol. The monoisotopic (exact) mass is 259 g/mol. The summed E-state index contributed by atoms with van der Waals surface area (Å²) >= 11 is 0. The second-order valence-corrected chi connectivity index (χ2v) is 4.37. The van der Waals surface area contributed by atoms with Crippen molar-refractivity contribution in [2.24, 2.45) is 0 Å². The highest BCUT2D eigenvalue weighted by molar-refractivity contribution is 5.78. The van der Waals surface area contributed by atoms with E-state index in [9.17, 15) is 9.59 Å². The average molecular weight is 259 g/mol. The molecule has 4 N–H and O–H groups in total. The average Bonchev–Trinajstić information content (AvgIpc) is 2.57. The summed E-state index contributed by atoms with van der Waals surface area (Å²) in [5, 5.41) is 23.4. The molecule has 0 aromatic heterocycles. The molecule has 0 aromatic carbocycles. The minimum Gasteiger partial charge on any atom is -0.479 e. The van der Waals surface area contributed by atoms with Crippen LogP contribution < -0.4 is 10.6 Å². The summed E-state index contributed by atoms with van der Waals surface area (Å²) in [7, 11) is 0. The summed E-state index contributed by atoms with van der Waals surface area (Å²) < 4.78 is 0. The molecule has 0 radical (unpaired) electrons. The maximum atomic E-state index is 11.6. The Morgan fingerprint density at radius 1 is 1.33 bits per heavy atom. The van der Waals surface area contributed by atoms with Crippen LogP contribution in [-0.4, -0.2) is 72.4 Å². The molecular weight excluding hydrogens is 238 g/mol. The maximum Gasteiger partial charge on any atom is 0.332 e. The highest BCUT2D eigenvalue weighted by Crippen LogP contribution is 1.95. The van der Waals surface area contributed by atoms with Crippen molar-refractivity contribution >= 4 is 11.9 Å². The number of carboxylic acids is 1. The number of amides is 1. The molecule has 1 aliphatic heterocycles. The van der Waals surface area contributed by atoms with Crippen LogP contribution in [0.3, 0.4) is 0 Å². The lowest BCUT2D eigenvalue weighted by molar-refractivity contribution is -0.147. The maximum absolute atomic E-state index is 11.6. The van der Waals surface area contributed by atoms with Gasteiger partial charge in [-0.15, -0.1) is 0 Å². The van der Waals surface area contributed by atoms with Gasteiger partial charge in [0.25, 0.3) is 0 Å². The summed E-state index contributed by atoms with van der Waals surface area (Å²) in [5.74, 6) is -1.39. The smallest absolute Gasteiger partial charge is 0.332 e. The van der Waals surface area contributed by atoms with Gasteiger partial charge in [-0.25, -0.2) is 4.79 Å². The summed E-state index contributed by atoms with van der Waals surface area (Å²) in [6.07, 6.45) is -0.360. The standard InChI is InChI=1S/C11H21N3O4/c15-9(11(17)18)2-4-13-10(16)8-14-6-1-3-12-5-7-14/h9,12,15H,1-8H2,(H,13,16)(H,17,18)/t9-/m0/s1. The first-order chi connectivity index (χ1) is 8.59. The van der Waals surface area contributed by atoms with E-state index < -0.39 is 12.1 Å². The number of aliphatic hydroxyl groups excluding tert-OH is 1. The quantitative estimate of drug-likeness (QED) is 0.450. The molecule has 1 heterocycles. The molecule has 7 heteroatoms. The van der Waals surface area contributed by atoms with E-state index >= 15 is 0 Å². The Bertz CT molecular complexity index is 277. The van der Waals surface area contributed by atoms with E-state index in [0.717, 1.165) is 32.6 Å². The van der Waals surface area contributed by atoms with Crippen molar-refractivity contribution in [1.82, 2.24) is 15.5 Å². The Kier molecular flexibility index (Phi) is 6.63. The molecular formula is C11H21N3O4. The minimum atomic E-state index is -1.41. The lowest BCUT2D eigenvalue weighted by Crippen LogP contribution is -2.40. The van der Waals surface area contributed by atoms with Gasteiger partial charge in [-0.05, 0) is 19.5 Å². The Hall–Kier alpha value is -1.18. The molecule has 1 saturated heterocycles. The molecule has 7 nitrogen and oxygen atoms in total. The van der Waals surface area contributed by atoms with Gasteiger partial charge in [-0.1, -0.05) is 0 Å². The number of aliphatic carboxylic acids is 1. The van der Waals surface area contributed by atoms with Crippen LogP contribution >= 0.6 is 0 Å². The van der Waals surface area contributed by atoms with Crippen LogP contribution in [0, 0.1) is 0 Å². The van der Waals surface area contributed by atoms with Gasteiger partial charge < -0.3 is 20.8 Å². The van der Waals surface area contributed by atoms with Crippen molar-refractivity contribution in [3.8, 4) is 0 Å². The van der Waals surface area contributed by atoms with Crippen molar-refractivity contribution in [2.45, 2.75) is 18.9 Å². The highest BCUT2D eigenvalue weighted by Gasteiger charge is 2.15. The van der Waals surface area contributed by atoms with Gasteiger partial charge in [0.15, 0.2) is 6.10 Å². The molecule has 1 fully saturated rings. The molecule has 0 saturated carbocycles. The van der Waals surface area contributed by atoms with Crippen molar-refractivity contribution in [3.05, 3.63) is 0 Å². The SMILES string of the molecule is O=C(CN1CCCNCC1)NCC[C@H](O)C(=O)O. The topological polar surface area (TPSA) is 102 Å². The fraction of sp³-hybridized carbons (Fsp3) is 0.818. The van der Waals surface area contributed by atoms with Gasteiger partial charge in [-0.2, -0.15) is 0 Å². The lowest BCUT2D eigenvalue weighted by atomic mass is 10.2. The molecule has 1 atom stereocenters. The van der Waals surface area contributed by atoms with Crippen molar-refractivity contribution < 1.29 is 19.8 Å². The van der Waals surface area contributed by atoms with Gasteiger partial charge >= 0.3 is 5.97 Å². The third-order valence-electron chi connectivity index (χ3n) is 2.82. The van der Waals surface area contributed by atoms with E-state index in [1.54, 1.807) is 0 Å². The molecule has 0 bridgehead atoms. The Morgan fingerprint density at radius 2 is 2.11 bits per heavy atom. The number of nitrogens with zero attached hydrogens (tertiary/aromatic N) is 1. The fourth-order valence-corrected chi connectivity index (χ4v) is 1.79. The van der Waals surface area contributed by atoms with Gasteiger partial charge in [0, 0.05) is 26.1 Å². The first-order valence-corrected chi connectivity index (χ1v) is 6.20. The molecule has 1 rings (SSSR count). The largest absolute Gasteiger partial charge is 0.479 e. The van der Waals surface area contributed by atoms with Gasteiger partial charge in [0.05, 0.1) is 6.54 Å². The molecule has 18 heavy (non-hydrogen) atoms. The number of rotatable bonds is 6. The minimum absolute atomic E-state index is 0.0304. The first kappa shape index (κ1) is 14.9. The van der Waals surface area contributed by atoms with E-state index in [0.29, 0.717) is 6.54 Å². The number of carbonyl (C=O) groups is 2. The van der Waals surface area contributed by atoms with Crippen LogP contribution in [-0.2, 0) is 9.59 Å². The van der Waals surface area contributed by atoms with Crippen molar-refractivity contribution in [2.75, 3.05) is 39.3 Å². The van der Waals surface area contributed by atoms with Gasteiger partial charge in [-0.3, -0.25) is 9.69 Å². The Labute approximate surface area is 106 Å². The zero-order valence-corrected chi connectivity index (χ0v) is 10.4. The number of aliphatic hydroxyl groups is 1. The zero-order chi connectivity index (χ0) is 13.4. The number of carbonyl (C=O) groups excluding carboxylic acids is 1. The summed E-state index contributed by atoms with van der Waals surface area (Å²) in [4.78, 5) is 24.0. The molecule has 1 aliphatic rings. The van der Waals surface area contributed by atoms with Crippen molar-refractivity contribution in [3.63, 3.8) is 0 Å². The van der Waals surface area contributed by atoms with E-state index in [1.165, 1.54) is 0 Å². The van der Waals surface area contributed by atoms with Crippen molar-refractivity contribution in [1.29, 1.82) is 0 Å². The van der Waals surface area contributed by atoms with Crippen LogP contribution in [0.4, 0.5) is 0 Å². The molecule has 104 valence electrons. The molecule has 1 amide bonds. The third-order valence-corrected chi connectivity index (χ3v) is 2.82. The van der Waals surface area contributed by atoms with Gasteiger partial charge in [0.1, 0.15) is 0 Å². The second kappa shape index (κ2) is 8.02. The lowest BCUT2D eigenvalue weighted by Gasteiger charge is -2.18. The normalized spacial score (nSPS) is 18.9.